The summed E-state index contributed by atoms with van der Waals surface area (Å²) in [5, 5.41) is 2.72. The summed E-state index contributed by atoms with van der Waals surface area (Å²) >= 11 is 0. The molecule has 3 aromatic rings. The van der Waals surface area contributed by atoms with Gasteiger partial charge in [-0.05, 0) is 55.4 Å². The molecule has 1 atom stereocenters. The number of nitrogens with zero attached hydrogens (tertiary/aromatic N) is 2. The van der Waals surface area contributed by atoms with Gasteiger partial charge < -0.3 is 19.7 Å². The molecule has 1 heterocycles. The highest BCUT2D eigenvalue weighted by atomic mass is 32.2. The number of carbonyl (C=O) groups excluding carboxylic acids is 1. The molecular formula is C28H34N4O7S2. The van der Waals surface area contributed by atoms with Gasteiger partial charge in [0, 0.05) is 37.9 Å². The molecule has 2 N–H and O–H groups in total. The molecule has 220 valence electrons. The first-order valence-electron chi connectivity index (χ1n) is 12.9. The van der Waals surface area contributed by atoms with Crippen molar-refractivity contribution in [3.8, 4) is 11.5 Å². The van der Waals surface area contributed by atoms with Crippen molar-refractivity contribution in [2.75, 3.05) is 52.8 Å². The minimum atomic E-state index is -4.15. The minimum absolute atomic E-state index is 0.0784. The Balaban J connectivity index is 1.54. The number of anilines is 1. The number of rotatable bonds is 11. The van der Waals surface area contributed by atoms with Crippen LogP contribution in [0.15, 0.2) is 82.6 Å². The van der Waals surface area contributed by atoms with E-state index in [4.69, 9.17) is 9.47 Å². The van der Waals surface area contributed by atoms with E-state index in [0.717, 1.165) is 5.56 Å². The van der Waals surface area contributed by atoms with Crippen molar-refractivity contribution in [1.82, 2.24) is 13.9 Å². The highest BCUT2D eigenvalue weighted by Crippen LogP contribution is 2.29. The van der Waals surface area contributed by atoms with E-state index in [2.05, 4.69) is 14.9 Å². The average molecular weight is 603 g/mol. The van der Waals surface area contributed by atoms with Crippen molar-refractivity contribution >= 4 is 31.6 Å². The maximum absolute atomic E-state index is 13.4. The lowest BCUT2D eigenvalue weighted by Crippen LogP contribution is -2.47. The summed E-state index contributed by atoms with van der Waals surface area (Å²) in [5.41, 5.74) is 1.08. The molecule has 1 saturated heterocycles. The van der Waals surface area contributed by atoms with Gasteiger partial charge in [-0.2, -0.15) is 9.03 Å². The Morgan fingerprint density at radius 3 is 2.05 bits per heavy atom. The summed E-state index contributed by atoms with van der Waals surface area (Å²) in [6.45, 7) is 2.10. The first-order chi connectivity index (χ1) is 19.5. The number of likely N-dealkylation sites (N-methyl/N-ethyl adjacent to an activating group) is 1. The third-order valence-electron chi connectivity index (χ3n) is 6.78. The van der Waals surface area contributed by atoms with Gasteiger partial charge in [0.15, 0.2) is 11.5 Å². The van der Waals surface area contributed by atoms with Crippen molar-refractivity contribution < 1.29 is 31.1 Å². The number of benzene rings is 3. The van der Waals surface area contributed by atoms with Crippen LogP contribution in [0.1, 0.15) is 5.56 Å². The summed E-state index contributed by atoms with van der Waals surface area (Å²) < 4.78 is 67.1. The molecule has 0 radical (unpaired) electrons. The zero-order valence-corrected chi connectivity index (χ0v) is 24.7. The van der Waals surface area contributed by atoms with Gasteiger partial charge in [0.25, 0.3) is 0 Å². The lowest BCUT2D eigenvalue weighted by molar-refractivity contribution is -0.117. The molecule has 0 aromatic heterocycles. The lowest BCUT2D eigenvalue weighted by atomic mass is 10.1. The molecule has 1 amide bonds. The Kier molecular flexibility index (Phi) is 9.66. The Bertz CT molecular complexity index is 1560. The summed E-state index contributed by atoms with van der Waals surface area (Å²) in [6, 6.07) is 17.8. The Labute approximate surface area is 241 Å². The van der Waals surface area contributed by atoms with E-state index in [1.807, 2.05) is 13.1 Å². The van der Waals surface area contributed by atoms with E-state index in [0.29, 0.717) is 37.6 Å². The number of carbonyl (C=O) groups is 1. The third kappa shape index (κ3) is 7.43. The van der Waals surface area contributed by atoms with E-state index in [9.17, 15) is 21.6 Å². The standard InChI is InChI=1S/C28H34N4O7S2/c1-31-15-17-32(18-16-31)41(36,37)23-11-9-22(10-12-23)29-28(33)25(19-21-7-5-4-6-8-21)30-40(34,35)24-13-14-26(38-2)27(20-24)39-3/h4-14,20,25,30H,15-19H2,1-3H3,(H,29,33)/t25-/m0/s1. The summed E-state index contributed by atoms with van der Waals surface area (Å²) in [4.78, 5) is 15.5. The summed E-state index contributed by atoms with van der Waals surface area (Å²) in [6.07, 6.45) is 0.0784. The van der Waals surface area contributed by atoms with Crippen LogP contribution in [0, 0.1) is 0 Å². The van der Waals surface area contributed by atoms with Crippen molar-refractivity contribution in [2.24, 2.45) is 0 Å². The number of sulfonamides is 2. The molecule has 0 unspecified atom stereocenters. The molecule has 0 bridgehead atoms. The second-order valence-electron chi connectivity index (χ2n) is 9.60. The van der Waals surface area contributed by atoms with E-state index in [1.54, 1.807) is 24.3 Å². The van der Waals surface area contributed by atoms with E-state index in [1.165, 1.54) is 61.0 Å². The molecule has 3 aromatic carbocycles. The van der Waals surface area contributed by atoms with Gasteiger partial charge in [-0.1, -0.05) is 30.3 Å². The van der Waals surface area contributed by atoms with Crippen molar-refractivity contribution in [3.05, 3.63) is 78.4 Å². The number of piperazine rings is 1. The van der Waals surface area contributed by atoms with Crippen LogP contribution in [-0.4, -0.2) is 85.4 Å². The molecule has 1 fully saturated rings. The number of nitrogens with one attached hydrogen (secondary N) is 2. The molecule has 0 spiro atoms. The van der Waals surface area contributed by atoms with E-state index < -0.39 is 32.0 Å². The van der Waals surface area contributed by atoms with Gasteiger partial charge in [0.2, 0.25) is 26.0 Å². The fourth-order valence-corrected chi connectivity index (χ4v) is 7.03. The number of hydrogen-bond acceptors (Lipinski definition) is 8. The van der Waals surface area contributed by atoms with Crippen molar-refractivity contribution in [3.63, 3.8) is 0 Å². The van der Waals surface area contributed by atoms with Crippen LogP contribution in [0.3, 0.4) is 0 Å². The quantitative estimate of drug-likeness (QED) is 0.341. The highest BCUT2D eigenvalue weighted by Gasteiger charge is 2.29. The molecule has 0 aliphatic carbocycles. The third-order valence-corrected chi connectivity index (χ3v) is 10.2. The topological polar surface area (TPSA) is 134 Å². The molecule has 13 heteroatoms. The van der Waals surface area contributed by atoms with E-state index in [-0.39, 0.29) is 22.0 Å². The van der Waals surface area contributed by atoms with Gasteiger partial charge in [-0.15, -0.1) is 0 Å². The van der Waals surface area contributed by atoms with Crippen LogP contribution < -0.4 is 19.5 Å². The molecule has 1 aliphatic heterocycles. The van der Waals surface area contributed by atoms with Gasteiger partial charge in [-0.3, -0.25) is 4.79 Å². The lowest BCUT2D eigenvalue weighted by Gasteiger charge is -2.31. The average Bonchev–Trinajstić information content (AvgIpc) is 2.97. The first kappa shape index (κ1) is 30.5. The maximum atomic E-state index is 13.4. The highest BCUT2D eigenvalue weighted by molar-refractivity contribution is 7.89. The van der Waals surface area contributed by atoms with Crippen LogP contribution in [0.2, 0.25) is 0 Å². The molecule has 0 saturated carbocycles. The molecule has 4 rings (SSSR count). The van der Waals surface area contributed by atoms with Gasteiger partial charge >= 0.3 is 0 Å². The summed E-state index contributed by atoms with van der Waals surface area (Å²) in [7, 11) is -3.04. The second kappa shape index (κ2) is 13.0. The van der Waals surface area contributed by atoms with Crippen LogP contribution >= 0.6 is 0 Å². The van der Waals surface area contributed by atoms with Crippen molar-refractivity contribution in [2.45, 2.75) is 22.3 Å². The Hall–Kier alpha value is -3.49. The van der Waals surface area contributed by atoms with E-state index >= 15 is 0 Å². The van der Waals surface area contributed by atoms with Gasteiger partial charge in [0.05, 0.1) is 24.0 Å². The largest absolute Gasteiger partial charge is 0.493 e. The second-order valence-corrected chi connectivity index (χ2v) is 13.3. The van der Waals surface area contributed by atoms with Crippen LogP contribution in [0.25, 0.3) is 0 Å². The predicted octanol–water partition coefficient (Wildman–Crippen LogP) is 2.17. The fourth-order valence-electron chi connectivity index (χ4n) is 4.39. The number of amides is 1. The summed E-state index contributed by atoms with van der Waals surface area (Å²) in [5.74, 6) is -0.0123. The normalized spacial score (nSPS) is 15.7. The zero-order valence-electron chi connectivity index (χ0n) is 23.1. The van der Waals surface area contributed by atoms with Crippen LogP contribution in [0.4, 0.5) is 5.69 Å². The SMILES string of the molecule is COc1ccc(S(=O)(=O)N[C@@H](Cc2ccccc2)C(=O)Nc2ccc(S(=O)(=O)N3CCN(C)CC3)cc2)cc1OC. The van der Waals surface area contributed by atoms with Gasteiger partial charge in [-0.25, -0.2) is 16.8 Å². The maximum Gasteiger partial charge on any atom is 0.243 e. The molecular weight excluding hydrogens is 568 g/mol. The van der Waals surface area contributed by atoms with Crippen LogP contribution in [0.5, 0.6) is 11.5 Å². The number of ether oxygens (including phenoxy) is 2. The Morgan fingerprint density at radius 2 is 1.44 bits per heavy atom. The van der Waals surface area contributed by atoms with Crippen molar-refractivity contribution in [1.29, 1.82) is 0 Å². The van der Waals surface area contributed by atoms with Crippen LogP contribution in [-0.2, 0) is 31.3 Å². The zero-order chi connectivity index (χ0) is 29.6. The smallest absolute Gasteiger partial charge is 0.243 e. The molecule has 11 nitrogen and oxygen atoms in total. The van der Waals surface area contributed by atoms with Gasteiger partial charge in [0.1, 0.15) is 6.04 Å². The first-order valence-corrected chi connectivity index (χ1v) is 15.8. The fraction of sp³-hybridized carbons (Fsp3) is 0.321. The predicted molar refractivity (Wildman–Crippen MR) is 155 cm³/mol. The monoisotopic (exact) mass is 602 g/mol. The molecule has 41 heavy (non-hydrogen) atoms. The number of methoxy groups -OCH3 is 2. The Morgan fingerprint density at radius 1 is 0.829 bits per heavy atom. The number of hydrogen-bond donors (Lipinski definition) is 2. The minimum Gasteiger partial charge on any atom is -0.493 e. The molecule has 1 aliphatic rings.